The molecule has 9 nitrogen and oxygen atoms in total. The molecule has 0 spiro atoms. The van der Waals surface area contributed by atoms with Crippen molar-refractivity contribution >= 4 is 27.1 Å². The van der Waals surface area contributed by atoms with E-state index in [-0.39, 0.29) is 4.90 Å². The van der Waals surface area contributed by atoms with Gasteiger partial charge >= 0.3 is 11.4 Å². The van der Waals surface area contributed by atoms with Crippen molar-refractivity contribution in [3.05, 3.63) is 68.3 Å². The molecule has 0 radical (unpaired) electrons. The van der Waals surface area contributed by atoms with E-state index < -0.39 is 36.9 Å². The quantitative estimate of drug-likeness (QED) is 0.658. The van der Waals surface area contributed by atoms with Crippen LogP contribution >= 0.6 is 0 Å². The SMILES string of the molecule is Cc1ccc(S(=O)(=O)Nc2cccc([N+](=O)[O-])c2[N+](=O)[O-])cc1. The lowest BCUT2D eigenvalue weighted by Crippen LogP contribution is -2.14. The number of hydrogen-bond acceptors (Lipinski definition) is 6. The van der Waals surface area contributed by atoms with Gasteiger partial charge in [-0.1, -0.05) is 23.8 Å². The molecule has 0 saturated heterocycles. The van der Waals surface area contributed by atoms with Crippen LogP contribution in [-0.4, -0.2) is 18.3 Å². The van der Waals surface area contributed by atoms with Gasteiger partial charge in [-0.05, 0) is 25.1 Å². The van der Waals surface area contributed by atoms with Crippen molar-refractivity contribution in [3.8, 4) is 0 Å². The molecule has 1 N–H and O–H groups in total. The van der Waals surface area contributed by atoms with Gasteiger partial charge in [-0.25, -0.2) is 8.42 Å². The van der Waals surface area contributed by atoms with Gasteiger partial charge in [0.25, 0.3) is 10.0 Å². The number of nitro benzene ring substituents is 2. The third kappa shape index (κ3) is 3.43. The topological polar surface area (TPSA) is 132 Å². The standard InChI is InChI=1S/C13H11N3O6S/c1-9-5-7-10(8-6-9)23(21,22)14-11-3-2-4-12(15(17)18)13(11)16(19)20/h2-8,14H,1H3. The lowest BCUT2D eigenvalue weighted by molar-refractivity contribution is -0.421. The molecular formula is C13H11N3O6S. The number of aryl methyl sites for hydroxylation is 1. The number of anilines is 1. The van der Waals surface area contributed by atoms with Gasteiger partial charge in [0.2, 0.25) is 0 Å². The van der Waals surface area contributed by atoms with E-state index >= 15 is 0 Å². The smallest absolute Gasteiger partial charge is 0.273 e. The van der Waals surface area contributed by atoms with E-state index in [1.165, 1.54) is 12.1 Å². The number of nitro groups is 2. The summed E-state index contributed by atoms with van der Waals surface area (Å²) in [4.78, 5) is 19.9. The van der Waals surface area contributed by atoms with Crippen LogP contribution in [0, 0.1) is 27.2 Å². The first-order chi connectivity index (χ1) is 10.7. The van der Waals surface area contributed by atoms with Gasteiger partial charge in [0.15, 0.2) is 0 Å². The molecule has 0 amide bonds. The molecule has 0 aromatic heterocycles. The van der Waals surface area contributed by atoms with E-state index in [1.54, 1.807) is 19.1 Å². The summed E-state index contributed by atoms with van der Waals surface area (Å²) >= 11 is 0. The van der Waals surface area contributed by atoms with Crippen molar-refractivity contribution in [2.75, 3.05) is 4.72 Å². The summed E-state index contributed by atoms with van der Waals surface area (Å²) in [6, 6.07) is 8.99. The van der Waals surface area contributed by atoms with E-state index in [4.69, 9.17) is 0 Å². The minimum absolute atomic E-state index is 0.107. The second-order valence-electron chi connectivity index (χ2n) is 4.61. The Morgan fingerprint density at radius 1 is 0.957 bits per heavy atom. The maximum atomic E-state index is 12.3. The van der Waals surface area contributed by atoms with Gasteiger partial charge in [-0.15, -0.1) is 0 Å². The predicted octanol–water partition coefficient (Wildman–Crippen LogP) is 2.61. The van der Waals surface area contributed by atoms with Crippen LogP contribution in [0.2, 0.25) is 0 Å². The zero-order valence-corrected chi connectivity index (χ0v) is 12.6. The fraction of sp³-hybridized carbons (Fsp3) is 0.0769. The minimum atomic E-state index is -4.11. The van der Waals surface area contributed by atoms with E-state index in [0.29, 0.717) is 0 Å². The fourth-order valence-corrected chi connectivity index (χ4v) is 2.94. The molecule has 0 aliphatic rings. The van der Waals surface area contributed by atoms with Crippen LogP contribution in [0.5, 0.6) is 0 Å². The normalized spacial score (nSPS) is 11.0. The van der Waals surface area contributed by atoms with Crippen LogP contribution in [0.1, 0.15) is 5.56 Å². The van der Waals surface area contributed by atoms with Gasteiger partial charge in [0, 0.05) is 6.07 Å². The third-order valence-electron chi connectivity index (χ3n) is 2.97. The van der Waals surface area contributed by atoms with Crippen LogP contribution in [0.15, 0.2) is 47.4 Å². The molecule has 0 unspecified atom stereocenters. The molecule has 0 fully saturated rings. The van der Waals surface area contributed by atoms with Crippen molar-refractivity contribution in [1.82, 2.24) is 0 Å². The lowest BCUT2D eigenvalue weighted by Gasteiger charge is -2.08. The summed E-state index contributed by atoms with van der Waals surface area (Å²) in [6.07, 6.45) is 0. The van der Waals surface area contributed by atoms with Gasteiger partial charge in [-0.2, -0.15) is 0 Å². The first-order valence-corrected chi connectivity index (χ1v) is 7.72. The summed E-state index contributed by atoms with van der Waals surface area (Å²) in [6.45, 7) is 1.77. The Labute approximate surface area is 130 Å². The molecule has 2 rings (SSSR count). The van der Waals surface area contributed by atoms with Crippen molar-refractivity contribution in [3.63, 3.8) is 0 Å². The van der Waals surface area contributed by atoms with Crippen LogP contribution < -0.4 is 4.72 Å². The second kappa shape index (κ2) is 6.01. The molecule has 23 heavy (non-hydrogen) atoms. The van der Waals surface area contributed by atoms with E-state index in [1.807, 2.05) is 4.72 Å². The summed E-state index contributed by atoms with van der Waals surface area (Å²) in [7, 11) is -4.11. The zero-order chi connectivity index (χ0) is 17.2. The summed E-state index contributed by atoms with van der Waals surface area (Å²) in [5.74, 6) is 0. The molecular weight excluding hydrogens is 326 g/mol. The van der Waals surface area contributed by atoms with E-state index in [9.17, 15) is 28.6 Å². The molecule has 10 heteroatoms. The maximum Gasteiger partial charge on any atom is 0.369 e. The molecule has 0 bridgehead atoms. The molecule has 0 aliphatic heterocycles. The van der Waals surface area contributed by atoms with E-state index in [0.717, 1.165) is 23.8 Å². The summed E-state index contributed by atoms with van der Waals surface area (Å²) in [5.41, 5.74) is -1.33. The number of para-hydroxylation sites is 1. The Morgan fingerprint density at radius 2 is 1.57 bits per heavy atom. The number of hydrogen-bond donors (Lipinski definition) is 1. The first kappa shape index (κ1) is 16.4. The Hall–Kier alpha value is -3.01. The second-order valence-corrected chi connectivity index (χ2v) is 6.29. The minimum Gasteiger partial charge on any atom is -0.273 e. The summed E-state index contributed by atoms with van der Waals surface area (Å²) < 4.78 is 26.6. The third-order valence-corrected chi connectivity index (χ3v) is 4.35. The summed E-state index contributed by atoms with van der Waals surface area (Å²) in [5, 5.41) is 22.0. The highest BCUT2D eigenvalue weighted by Gasteiger charge is 2.30. The Bertz CT molecular complexity index is 877. The van der Waals surface area contributed by atoms with Gasteiger partial charge in [-0.3, -0.25) is 25.0 Å². The molecule has 120 valence electrons. The van der Waals surface area contributed by atoms with Crippen molar-refractivity contribution in [2.45, 2.75) is 11.8 Å². The highest BCUT2D eigenvalue weighted by atomic mass is 32.2. The average Bonchev–Trinajstić information content (AvgIpc) is 2.46. The van der Waals surface area contributed by atoms with Crippen LogP contribution in [0.25, 0.3) is 0 Å². The molecule has 0 aliphatic carbocycles. The Morgan fingerprint density at radius 3 is 2.09 bits per heavy atom. The molecule has 2 aromatic carbocycles. The molecule has 0 saturated carbocycles. The number of nitrogens with zero attached hydrogens (tertiary/aromatic N) is 2. The lowest BCUT2D eigenvalue weighted by atomic mass is 10.2. The fourth-order valence-electron chi connectivity index (χ4n) is 1.87. The van der Waals surface area contributed by atoms with Crippen LogP contribution in [0.3, 0.4) is 0 Å². The largest absolute Gasteiger partial charge is 0.369 e. The average molecular weight is 337 g/mol. The molecule has 0 atom stereocenters. The van der Waals surface area contributed by atoms with Crippen molar-refractivity contribution < 1.29 is 18.3 Å². The van der Waals surface area contributed by atoms with E-state index in [2.05, 4.69) is 0 Å². The number of benzene rings is 2. The van der Waals surface area contributed by atoms with Gasteiger partial charge < -0.3 is 0 Å². The monoisotopic (exact) mass is 337 g/mol. The highest BCUT2D eigenvalue weighted by Crippen LogP contribution is 2.35. The molecule has 2 aromatic rings. The maximum absolute atomic E-state index is 12.3. The Kier molecular flexibility index (Phi) is 4.27. The van der Waals surface area contributed by atoms with Gasteiger partial charge in [0.1, 0.15) is 5.69 Å². The van der Waals surface area contributed by atoms with Crippen LogP contribution in [-0.2, 0) is 10.0 Å². The van der Waals surface area contributed by atoms with Gasteiger partial charge in [0.05, 0.1) is 14.7 Å². The zero-order valence-electron chi connectivity index (χ0n) is 11.8. The molecule has 0 heterocycles. The predicted molar refractivity (Wildman–Crippen MR) is 81.7 cm³/mol. The number of rotatable bonds is 5. The number of sulfonamides is 1. The van der Waals surface area contributed by atoms with Crippen molar-refractivity contribution in [2.24, 2.45) is 0 Å². The van der Waals surface area contributed by atoms with Crippen LogP contribution in [0.4, 0.5) is 17.1 Å². The Balaban J connectivity index is 2.51. The number of nitrogens with one attached hydrogen (secondary N) is 1. The first-order valence-electron chi connectivity index (χ1n) is 6.23. The highest BCUT2D eigenvalue weighted by molar-refractivity contribution is 7.92. The van der Waals surface area contributed by atoms with Crippen molar-refractivity contribution in [1.29, 1.82) is 0 Å².